The van der Waals surface area contributed by atoms with Crippen LogP contribution in [0.25, 0.3) is 11.2 Å². The van der Waals surface area contributed by atoms with E-state index in [0.717, 1.165) is 25.7 Å². The third-order valence-electron chi connectivity index (χ3n) is 8.36. The van der Waals surface area contributed by atoms with Gasteiger partial charge in [-0.1, -0.05) is 5.92 Å². The van der Waals surface area contributed by atoms with E-state index in [9.17, 15) is 24.6 Å². The predicted molar refractivity (Wildman–Crippen MR) is 145 cm³/mol. The number of aliphatic hydroxyl groups excluding tert-OH is 2. The molecule has 5 N–H and O–H groups in total. The van der Waals surface area contributed by atoms with Crippen molar-refractivity contribution in [1.82, 2.24) is 34.6 Å². The highest BCUT2D eigenvalue weighted by Gasteiger charge is 2.48. The minimum Gasteiger partial charge on any atom is -0.447 e. The smallest absolute Gasteiger partial charge is 0.409 e. The zero-order valence-electron chi connectivity index (χ0n) is 23.2. The summed E-state index contributed by atoms with van der Waals surface area (Å²) in [7, 11) is 1.70. The molecule has 5 unspecified atom stereocenters. The maximum Gasteiger partial charge on any atom is 0.409 e. The lowest BCUT2D eigenvalue weighted by atomic mass is 9.94. The Balaban J connectivity index is 1.05. The van der Waals surface area contributed by atoms with Gasteiger partial charge in [0.25, 0.3) is 5.91 Å². The molecule has 6 rings (SSSR count). The highest BCUT2D eigenvalue weighted by molar-refractivity contribution is 5.84. The standard InChI is InChI=1S/C27H34N8O7/c1-33-16(11-18(33)36)12-41-27(40)34-9-7-14(8-10-34)3-2-4-17-31-23(28)19-24(32-17)35(13-29-19)26-21(38)20(37)22(42-26)25(39)30-15-5-6-15/h13-16,20-22,26,37-38H,3,5-12H2,1H3,(H,30,39)(H2,28,31,32). The minimum absolute atomic E-state index is 0.0407. The Morgan fingerprint density at radius 3 is 2.64 bits per heavy atom. The van der Waals surface area contributed by atoms with Crippen LogP contribution in [0.15, 0.2) is 6.33 Å². The number of likely N-dealkylation sites (N-methyl/N-ethyl adjacent to an activating group) is 1. The van der Waals surface area contributed by atoms with Gasteiger partial charge in [0.05, 0.1) is 18.8 Å². The van der Waals surface area contributed by atoms with Crippen LogP contribution < -0.4 is 11.1 Å². The van der Waals surface area contributed by atoms with E-state index in [4.69, 9.17) is 15.2 Å². The molecule has 1 saturated carbocycles. The largest absolute Gasteiger partial charge is 0.447 e. The number of aromatic nitrogens is 4. The molecule has 3 amide bonds. The molecular formula is C27H34N8O7. The van der Waals surface area contributed by atoms with Crippen LogP contribution in [0.1, 0.15) is 50.6 Å². The molecule has 3 saturated heterocycles. The molecule has 1 aliphatic carbocycles. The third kappa shape index (κ3) is 5.57. The number of anilines is 1. The summed E-state index contributed by atoms with van der Waals surface area (Å²) in [5.41, 5.74) is 6.66. The first-order valence-electron chi connectivity index (χ1n) is 14.2. The molecule has 3 aliphatic heterocycles. The fourth-order valence-corrected chi connectivity index (χ4v) is 5.39. The fraction of sp³-hybridized carbons (Fsp3) is 0.630. The molecule has 2 aromatic rings. The SMILES string of the molecule is CN1C(=O)CC1COC(=O)N1CCC(CC#Cc2nc(N)c3ncn(C4OC(C(=O)NC5CC5)C(O)C4O)c3n2)CC1. The number of amides is 3. The molecule has 15 heteroatoms. The van der Waals surface area contributed by atoms with Crippen LogP contribution in [0.4, 0.5) is 10.6 Å². The molecule has 0 bridgehead atoms. The normalized spacial score (nSPS) is 27.9. The molecule has 15 nitrogen and oxygen atoms in total. The van der Waals surface area contributed by atoms with Crippen molar-refractivity contribution in [3.63, 3.8) is 0 Å². The van der Waals surface area contributed by atoms with E-state index >= 15 is 0 Å². The predicted octanol–water partition coefficient (Wildman–Crippen LogP) is -0.873. The highest BCUT2D eigenvalue weighted by Crippen LogP contribution is 2.33. The number of imidazole rings is 1. The summed E-state index contributed by atoms with van der Waals surface area (Å²) in [5.74, 6) is 6.19. The Labute approximate surface area is 241 Å². The van der Waals surface area contributed by atoms with Gasteiger partial charge in [0.2, 0.25) is 11.7 Å². The number of carbonyl (C=O) groups excluding carboxylic acids is 3. The van der Waals surface area contributed by atoms with Gasteiger partial charge < -0.3 is 40.5 Å². The van der Waals surface area contributed by atoms with E-state index in [-0.39, 0.29) is 59.4 Å². The summed E-state index contributed by atoms with van der Waals surface area (Å²) in [4.78, 5) is 52.4. The lowest BCUT2D eigenvalue weighted by Gasteiger charge is -2.37. The number of nitrogens with zero attached hydrogens (tertiary/aromatic N) is 6. The van der Waals surface area contributed by atoms with Crippen LogP contribution in [-0.4, -0.2) is 115 Å². The number of carbonyl (C=O) groups is 3. The van der Waals surface area contributed by atoms with E-state index in [1.807, 2.05) is 0 Å². The first kappa shape index (κ1) is 28.1. The average Bonchev–Trinajstić information content (AvgIpc) is 3.62. The van der Waals surface area contributed by atoms with Crippen LogP contribution >= 0.6 is 0 Å². The van der Waals surface area contributed by atoms with Crippen molar-refractivity contribution < 1.29 is 34.1 Å². The molecule has 5 atom stereocenters. The average molecular weight is 583 g/mol. The second-order valence-electron chi connectivity index (χ2n) is 11.3. The van der Waals surface area contributed by atoms with Gasteiger partial charge in [0.1, 0.15) is 24.3 Å². The first-order valence-corrected chi connectivity index (χ1v) is 14.2. The molecule has 0 spiro atoms. The van der Waals surface area contributed by atoms with Crippen molar-refractivity contribution >= 4 is 34.9 Å². The topological polar surface area (TPSA) is 198 Å². The van der Waals surface area contributed by atoms with Crippen molar-refractivity contribution in [2.75, 3.05) is 32.5 Å². The number of nitrogens with one attached hydrogen (secondary N) is 1. The Morgan fingerprint density at radius 1 is 1.19 bits per heavy atom. The fourth-order valence-electron chi connectivity index (χ4n) is 5.39. The molecule has 5 heterocycles. The van der Waals surface area contributed by atoms with E-state index in [1.54, 1.807) is 16.8 Å². The van der Waals surface area contributed by atoms with Crippen LogP contribution in [0.2, 0.25) is 0 Å². The summed E-state index contributed by atoms with van der Waals surface area (Å²) < 4.78 is 12.6. The number of piperidine rings is 1. The second-order valence-corrected chi connectivity index (χ2v) is 11.3. The molecule has 2 aromatic heterocycles. The van der Waals surface area contributed by atoms with E-state index < -0.39 is 30.4 Å². The molecule has 0 aromatic carbocycles. The summed E-state index contributed by atoms with van der Waals surface area (Å²) >= 11 is 0. The number of nitrogens with two attached hydrogens (primary N) is 1. The molecule has 4 aliphatic rings. The van der Waals surface area contributed by atoms with Crippen LogP contribution in [0, 0.1) is 17.8 Å². The van der Waals surface area contributed by atoms with E-state index in [2.05, 4.69) is 32.1 Å². The maximum atomic E-state index is 12.5. The Kier molecular flexibility index (Phi) is 7.60. The van der Waals surface area contributed by atoms with Gasteiger partial charge in [-0.25, -0.2) is 19.7 Å². The zero-order valence-corrected chi connectivity index (χ0v) is 23.2. The third-order valence-corrected chi connectivity index (χ3v) is 8.36. The van der Waals surface area contributed by atoms with Gasteiger partial charge in [-0.15, -0.1) is 0 Å². The number of rotatable bonds is 6. The maximum absolute atomic E-state index is 12.5. The second kappa shape index (κ2) is 11.3. The van der Waals surface area contributed by atoms with Gasteiger partial charge in [-0.2, -0.15) is 0 Å². The van der Waals surface area contributed by atoms with E-state index in [0.29, 0.717) is 25.9 Å². The van der Waals surface area contributed by atoms with Crippen molar-refractivity contribution in [1.29, 1.82) is 0 Å². The molecule has 42 heavy (non-hydrogen) atoms. The number of ether oxygens (including phenoxy) is 2. The van der Waals surface area contributed by atoms with Gasteiger partial charge in [0, 0.05) is 32.6 Å². The summed E-state index contributed by atoms with van der Waals surface area (Å²) in [6.07, 6.45) is 0.146. The van der Waals surface area contributed by atoms with Gasteiger partial charge in [-0.3, -0.25) is 14.2 Å². The van der Waals surface area contributed by atoms with Crippen molar-refractivity contribution in [3.05, 3.63) is 12.2 Å². The van der Waals surface area contributed by atoms with E-state index in [1.165, 1.54) is 10.9 Å². The monoisotopic (exact) mass is 582 g/mol. The molecular weight excluding hydrogens is 548 g/mol. The summed E-state index contributed by atoms with van der Waals surface area (Å²) in [6.45, 7) is 1.34. The Bertz CT molecular complexity index is 1440. The van der Waals surface area contributed by atoms with Crippen molar-refractivity contribution in [3.8, 4) is 11.8 Å². The van der Waals surface area contributed by atoms with Gasteiger partial charge in [0.15, 0.2) is 23.8 Å². The molecule has 0 radical (unpaired) electrons. The minimum atomic E-state index is -1.42. The van der Waals surface area contributed by atoms with Crippen LogP contribution in [-0.2, 0) is 19.1 Å². The van der Waals surface area contributed by atoms with Gasteiger partial charge in [-0.05, 0) is 37.5 Å². The van der Waals surface area contributed by atoms with Crippen molar-refractivity contribution in [2.45, 2.75) is 75.1 Å². The summed E-state index contributed by atoms with van der Waals surface area (Å²) in [6, 6.07) is 0.0375. The Hall–Kier alpha value is -4.00. The van der Waals surface area contributed by atoms with Crippen LogP contribution in [0.3, 0.4) is 0 Å². The number of fused-ring (bicyclic) bond motifs is 1. The number of hydrogen-bond acceptors (Lipinski definition) is 11. The van der Waals surface area contributed by atoms with Crippen LogP contribution in [0.5, 0.6) is 0 Å². The zero-order chi connectivity index (χ0) is 29.5. The number of likely N-dealkylation sites (tertiary alicyclic amines) is 2. The summed E-state index contributed by atoms with van der Waals surface area (Å²) in [5, 5.41) is 23.9. The lowest BCUT2D eigenvalue weighted by Crippen LogP contribution is -2.53. The molecule has 224 valence electrons. The Morgan fingerprint density at radius 2 is 1.95 bits per heavy atom. The lowest BCUT2D eigenvalue weighted by molar-refractivity contribution is -0.145. The first-order chi connectivity index (χ1) is 20.2. The number of aliphatic hydroxyl groups is 2. The highest BCUT2D eigenvalue weighted by atomic mass is 16.6. The number of hydrogen-bond donors (Lipinski definition) is 4. The number of β-lactam (4-membered cyclic amide) rings is 1. The molecule has 4 fully saturated rings. The number of nitrogen functional groups attached to an aromatic ring is 1. The van der Waals surface area contributed by atoms with Crippen molar-refractivity contribution in [2.24, 2.45) is 5.92 Å². The van der Waals surface area contributed by atoms with Gasteiger partial charge >= 0.3 is 6.09 Å². The quantitative estimate of drug-likeness (QED) is 0.244.